The van der Waals surface area contributed by atoms with Crippen LogP contribution >= 0.6 is 0 Å². The Morgan fingerprint density at radius 2 is 1.72 bits per heavy atom. The van der Waals surface area contributed by atoms with Gasteiger partial charge in [0.2, 0.25) is 0 Å². The molecular weight excluding hydrogens is 368 g/mol. The smallest absolute Gasteiger partial charge is 0.329 e. The third-order valence-corrected chi connectivity index (χ3v) is 4.99. The highest BCUT2D eigenvalue weighted by Crippen LogP contribution is 2.26. The standard InChI is InChI=1S/C23H26N2O4/c1-16(2)21(24-22(27)18-10-4-3-5-11-18)23(28)29-15-20(26)25-14-8-12-17-9-6-7-13-19(17)25/h3-7,9-11,13,16,21H,8,12,14-15H2,1-2H3,(H,24,27)/t21-/m0/s1. The number of amides is 2. The van der Waals surface area contributed by atoms with Crippen molar-refractivity contribution in [2.45, 2.75) is 32.7 Å². The van der Waals surface area contributed by atoms with Gasteiger partial charge in [0.25, 0.3) is 11.8 Å². The number of carbonyl (C=O) groups is 3. The molecule has 0 unspecified atom stereocenters. The number of benzene rings is 2. The van der Waals surface area contributed by atoms with Crippen molar-refractivity contribution in [3.05, 3.63) is 65.7 Å². The second-order valence-electron chi connectivity index (χ2n) is 7.45. The van der Waals surface area contributed by atoms with Gasteiger partial charge in [0, 0.05) is 17.8 Å². The van der Waals surface area contributed by atoms with E-state index < -0.39 is 12.0 Å². The molecule has 1 heterocycles. The molecule has 0 aromatic heterocycles. The van der Waals surface area contributed by atoms with E-state index in [0.717, 1.165) is 24.1 Å². The fraction of sp³-hybridized carbons (Fsp3) is 0.348. The first-order valence-electron chi connectivity index (χ1n) is 9.88. The molecule has 152 valence electrons. The maximum atomic E-state index is 12.7. The molecule has 0 saturated carbocycles. The number of para-hydroxylation sites is 1. The van der Waals surface area contributed by atoms with Crippen molar-refractivity contribution >= 4 is 23.5 Å². The molecule has 2 aromatic rings. The lowest BCUT2D eigenvalue weighted by molar-refractivity contribution is -0.150. The maximum Gasteiger partial charge on any atom is 0.329 e. The van der Waals surface area contributed by atoms with Gasteiger partial charge in [0.1, 0.15) is 6.04 Å². The number of anilines is 1. The molecule has 1 N–H and O–H groups in total. The Balaban J connectivity index is 1.61. The summed E-state index contributed by atoms with van der Waals surface area (Å²) >= 11 is 0. The van der Waals surface area contributed by atoms with E-state index in [-0.39, 0.29) is 24.3 Å². The Labute approximate surface area is 170 Å². The molecule has 3 rings (SSSR count). The van der Waals surface area contributed by atoms with Crippen molar-refractivity contribution in [1.82, 2.24) is 5.32 Å². The molecule has 1 aliphatic rings. The molecule has 0 fully saturated rings. The van der Waals surface area contributed by atoms with Gasteiger partial charge in [-0.1, -0.05) is 50.2 Å². The molecule has 0 bridgehead atoms. The Kier molecular flexibility index (Phi) is 6.65. The summed E-state index contributed by atoms with van der Waals surface area (Å²) in [5, 5.41) is 2.71. The van der Waals surface area contributed by atoms with Gasteiger partial charge in [0.15, 0.2) is 6.61 Å². The Bertz CT molecular complexity index is 879. The topological polar surface area (TPSA) is 75.7 Å². The predicted molar refractivity (Wildman–Crippen MR) is 111 cm³/mol. The van der Waals surface area contributed by atoms with Crippen molar-refractivity contribution < 1.29 is 19.1 Å². The maximum absolute atomic E-state index is 12.7. The second kappa shape index (κ2) is 9.37. The van der Waals surface area contributed by atoms with Gasteiger partial charge in [-0.25, -0.2) is 4.79 Å². The summed E-state index contributed by atoms with van der Waals surface area (Å²) in [7, 11) is 0. The van der Waals surface area contributed by atoms with E-state index in [0.29, 0.717) is 12.1 Å². The van der Waals surface area contributed by atoms with Gasteiger partial charge in [-0.15, -0.1) is 0 Å². The summed E-state index contributed by atoms with van der Waals surface area (Å²) < 4.78 is 5.29. The fourth-order valence-corrected chi connectivity index (χ4v) is 3.41. The number of nitrogens with one attached hydrogen (secondary N) is 1. The molecule has 0 radical (unpaired) electrons. The lowest BCUT2D eigenvalue weighted by Crippen LogP contribution is -2.46. The highest BCUT2D eigenvalue weighted by atomic mass is 16.5. The Morgan fingerprint density at radius 1 is 1.03 bits per heavy atom. The first kappa shape index (κ1) is 20.6. The van der Waals surface area contributed by atoms with Crippen LogP contribution < -0.4 is 10.2 Å². The number of ether oxygens (including phenoxy) is 1. The second-order valence-corrected chi connectivity index (χ2v) is 7.45. The first-order chi connectivity index (χ1) is 14.0. The number of rotatable bonds is 6. The van der Waals surface area contributed by atoms with E-state index in [9.17, 15) is 14.4 Å². The van der Waals surface area contributed by atoms with Crippen molar-refractivity contribution in [3.8, 4) is 0 Å². The minimum absolute atomic E-state index is 0.180. The summed E-state index contributed by atoms with van der Waals surface area (Å²) in [5.41, 5.74) is 2.46. The lowest BCUT2D eigenvalue weighted by atomic mass is 10.0. The van der Waals surface area contributed by atoms with E-state index >= 15 is 0 Å². The van der Waals surface area contributed by atoms with Crippen LogP contribution in [0.3, 0.4) is 0 Å². The average Bonchev–Trinajstić information content (AvgIpc) is 2.75. The predicted octanol–water partition coefficient (Wildman–Crippen LogP) is 2.96. The van der Waals surface area contributed by atoms with Gasteiger partial charge in [-0.3, -0.25) is 9.59 Å². The molecule has 0 aliphatic carbocycles. The minimum Gasteiger partial charge on any atom is -0.454 e. The minimum atomic E-state index is -0.829. The number of aryl methyl sites for hydroxylation is 1. The summed E-state index contributed by atoms with van der Waals surface area (Å²) in [6.45, 7) is 3.89. The van der Waals surface area contributed by atoms with Crippen molar-refractivity contribution in [1.29, 1.82) is 0 Å². The normalized spacial score (nSPS) is 14.1. The van der Waals surface area contributed by atoms with E-state index in [2.05, 4.69) is 5.32 Å². The van der Waals surface area contributed by atoms with Crippen LogP contribution in [-0.2, 0) is 20.7 Å². The van der Waals surface area contributed by atoms with Gasteiger partial charge >= 0.3 is 5.97 Å². The number of nitrogens with zero attached hydrogens (tertiary/aromatic N) is 1. The van der Waals surface area contributed by atoms with E-state index in [1.807, 2.05) is 44.2 Å². The van der Waals surface area contributed by atoms with Gasteiger partial charge in [0.05, 0.1) is 0 Å². The zero-order valence-electron chi connectivity index (χ0n) is 16.8. The van der Waals surface area contributed by atoms with Crippen LogP contribution in [0.4, 0.5) is 5.69 Å². The largest absolute Gasteiger partial charge is 0.454 e. The summed E-state index contributed by atoms with van der Waals surface area (Å²) in [5.74, 6) is -1.40. The zero-order chi connectivity index (χ0) is 20.8. The van der Waals surface area contributed by atoms with Gasteiger partial charge in [-0.2, -0.15) is 0 Å². The molecule has 0 spiro atoms. The number of hydrogen-bond acceptors (Lipinski definition) is 4. The van der Waals surface area contributed by atoms with Crippen molar-refractivity contribution in [3.63, 3.8) is 0 Å². The monoisotopic (exact) mass is 394 g/mol. The number of carbonyl (C=O) groups excluding carboxylic acids is 3. The zero-order valence-corrected chi connectivity index (χ0v) is 16.8. The third kappa shape index (κ3) is 5.02. The van der Waals surface area contributed by atoms with Crippen LogP contribution in [0.5, 0.6) is 0 Å². The van der Waals surface area contributed by atoms with Crippen molar-refractivity contribution in [2.75, 3.05) is 18.1 Å². The molecule has 1 aliphatic heterocycles. The highest BCUT2D eigenvalue weighted by Gasteiger charge is 2.28. The summed E-state index contributed by atoms with van der Waals surface area (Å²) in [6.07, 6.45) is 1.80. The molecule has 6 heteroatoms. The van der Waals surface area contributed by atoms with E-state index in [4.69, 9.17) is 4.74 Å². The van der Waals surface area contributed by atoms with E-state index in [1.165, 1.54) is 0 Å². The molecule has 6 nitrogen and oxygen atoms in total. The van der Waals surface area contributed by atoms with Crippen LogP contribution in [-0.4, -0.2) is 37.0 Å². The molecule has 1 atom stereocenters. The van der Waals surface area contributed by atoms with Crippen LogP contribution in [0.25, 0.3) is 0 Å². The molecule has 2 aromatic carbocycles. The van der Waals surface area contributed by atoms with Crippen LogP contribution in [0, 0.1) is 5.92 Å². The van der Waals surface area contributed by atoms with Gasteiger partial charge < -0.3 is 15.0 Å². The van der Waals surface area contributed by atoms with E-state index in [1.54, 1.807) is 29.2 Å². The molecule has 29 heavy (non-hydrogen) atoms. The number of hydrogen-bond donors (Lipinski definition) is 1. The third-order valence-electron chi connectivity index (χ3n) is 4.99. The number of fused-ring (bicyclic) bond motifs is 1. The SMILES string of the molecule is CC(C)[C@H](NC(=O)c1ccccc1)C(=O)OCC(=O)N1CCCc2ccccc21. The Hall–Kier alpha value is -3.15. The number of esters is 1. The van der Waals surface area contributed by atoms with Crippen LogP contribution in [0.15, 0.2) is 54.6 Å². The quantitative estimate of drug-likeness (QED) is 0.765. The highest BCUT2D eigenvalue weighted by molar-refractivity contribution is 5.98. The molecule has 2 amide bonds. The van der Waals surface area contributed by atoms with Gasteiger partial charge in [-0.05, 0) is 42.5 Å². The fourth-order valence-electron chi connectivity index (χ4n) is 3.41. The first-order valence-corrected chi connectivity index (χ1v) is 9.88. The summed E-state index contributed by atoms with van der Waals surface area (Å²) in [6, 6.07) is 15.6. The summed E-state index contributed by atoms with van der Waals surface area (Å²) in [4.78, 5) is 39.3. The molecule has 0 saturated heterocycles. The average molecular weight is 394 g/mol. The Morgan fingerprint density at radius 3 is 2.45 bits per heavy atom. The van der Waals surface area contributed by atoms with Crippen LogP contribution in [0.2, 0.25) is 0 Å². The van der Waals surface area contributed by atoms with Crippen LogP contribution in [0.1, 0.15) is 36.2 Å². The molecular formula is C23H26N2O4. The van der Waals surface area contributed by atoms with Crippen molar-refractivity contribution in [2.24, 2.45) is 5.92 Å². The lowest BCUT2D eigenvalue weighted by Gasteiger charge is -2.29.